The number of rotatable bonds is 4. The Morgan fingerprint density at radius 2 is 2.05 bits per heavy atom. The lowest BCUT2D eigenvalue weighted by Crippen LogP contribution is -2.09. The van der Waals surface area contributed by atoms with Crippen molar-refractivity contribution in [3.05, 3.63) is 40.4 Å². The van der Waals surface area contributed by atoms with Gasteiger partial charge in [-0.25, -0.2) is 8.78 Å². The standard InChI is InChI=1S/C13H14BrF2N3/c1-2-5-9-10(14)8-11(15)13(12(9)16)17-18-19-6-3-4-7-19/h2,8H,1,3-7H2. The highest BCUT2D eigenvalue weighted by atomic mass is 79.9. The van der Waals surface area contributed by atoms with E-state index in [2.05, 4.69) is 32.8 Å². The van der Waals surface area contributed by atoms with Crippen LogP contribution in [0.5, 0.6) is 0 Å². The molecular weight excluding hydrogens is 316 g/mol. The number of hydrogen-bond donors (Lipinski definition) is 0. The van der Waals surface area contributed by atoms with Gasteiger partial charge in [0.1, 0.15) is 0 Å². The Hall–Kier alpha value is -1.30. The van der Waals surface area contributed by atoms with Crippen molar-refractivity contribution in [3.8, 4) is 0 Å². The smallest absolute Gasteiger partial charge is 0.159 e. The van der Waals surface area contributed by atoms with Crippen molar-refractivity contribution in [2.45, 2.75) is 19.3 Å². The van der Waals surface area contributed by atoms with Crippen LogP contribution in [0.2, 0.25) is 0 Å². The maximum absolute atomic E-state index is 14.2. The lowest BCUT2D eigenvalue weighted by Gasteiger charge is -2.09. The molecule has 0 unspecified atom stereocenters. The van der Waals surface area contributed by atoms with E-state index in [1.165, 1.54) is 6.07 Å². The van der Waals surface area contributed by atoms with Crippen LogP contribution in [0.25, 0.3) is 0 Å². The highest BCUT2D eigenvalue weighted by Gasteiger charge is 2.17. The summed E-state index contributed by atoms with van der Waals surface area (Å²) in [5.41, 5.74) is -0.00118. The van der Waals surface area contributed by atoms with Crippen LogP contribution in [0, 0.1) is 11.6 Å². The largest absolute Gasteiger partial charge is 0.278 e. The summed E-state index contributed by atoms with van der Waals surface area (Å²) in [4.78, 5) is 0. The molecule has 0 spiro atoms. The molecule has 0 bridgehead atoms. The molecule has 6 heteroatoms. The molecule has 102 valence electrons. The predicted octanol–water partition coefficient (Wildman–Crippen LogP) is 4.55. The second-order valence-electron chi connectivity index (χ2n) is 4.32. The summed E-state index contributed by atoms with van der Waals surface area (Å²) in [5, 5.41) is 9.32. The minimum atomic E-state index is -0.722. The van der Waals surface area contributed by atoms with E-state index >= 15 is 0 Å². The number of hydrogen-bond acceptors (Lipinski definition) is 2. The Labute approximate surface area is 119 Å². The lowest BCUT2D eigenvalue weighted by atomic mass is 10.1. The molecule has 0 N–H and O–H groups in total. The lowest BCUT2D eigenvalue weighted by molar-refractivity contribution is 0.335. The van der Waals surface area contributed by atoms with Crippen LogP contribution in [0.3, 0.4) is 0 Å². The molecule has 19 heavy (non-hydrogen) atoms. The molecule has 0 saturated carbocycles. The SMILES string of the molecule is C=CCc1c(Br)cc(F)c(N=NN2CCCC2)c1F. The summed E-state index contributed by atoms with van der Waals surface area (Å²) in [6.45, 7) is 5.12. The van der Waals surface area contributed by atoms with E-state index in [0.717, 1.165) is 25.9 Å². The maximum atomic E-state index is 14.2. The molecular formula is C13H14BrF2N3. The van der Waals surface area contributed by atoms with Gasteiger partial charge >= 0.3 is 0 Å². The molecule has 0 radical (unpaired) electrons. The van der Waals surface area contributed by atoms with Gasteiger partial charge in [-0.2, -0.15) is 0 Å². The molecule has 1 fully saturated rings. The van der Waals surface area contributed by atoms with E-state index in [4.69, 9.17) is 0 Å². The second-order valence-corrected chi connectivity index (χ2v) is 5.18. The Kier molecular flexibility index (Phi) is 4.63. The van der Waals surface area contributed by atoms with E-state index < -0.39 is 11.6 Å². The average molecular weight is 330 g/mol. The molecule has 0 aliphatic carbocycles. The fourth-order valence-electron chi connectivity index (χ4n) is 1.94. The summed E-state index contributed by atoms with van der Waals surface area (Å²) in [7, 11) is 0. The highest BCUT2D eigenvalue weighted by Crippen LogP contribution is 2.32. The third-order valence-electron chi connectivity index (χ3n) is 2.94. The molecule has 1 aromatic rings. The molecule has 1 heterocycles. The van der Waals surface area contributed by atoms with Gasteiger partial charge < -0.3 is 0 Å². The molecule has 3 nitrogen and oxygen atoms in total. The van der Waals surface area contributed by atoms with Gasteiger partial charge in [-0.3, -0.25) is 5.01 Å². The fourth-order valence-corrected chi connectivity index (χ4v) is 2.48. The monoisotopic (exact) mass is 329 g/mol. The molecule has 2 rings (SSSR count). The molecule has 1 aliphatic heterocycles. The van der Waals surface area contributed by atoms with Crippen LogP contribution in [-0.2, 0) is 6.42 Å². The minimum absolute atomic E-state index is 0.304. The molecule has 1 aliphatic rings. The zero-order chi connectivity index (χ0) is 13.8. The van der Waals surface area contributed by atoms with Gasteiger partial charge in [0.2, 0.25) is 0 Å². The summed E-state index contributed by atoms with van der Waals surface area (Å²) >= 11 is 3.14. The Morgan fingerprint density at radius 1 is 1.37 bits per heavy atom. The fraction of sp³-hybridized carbons (Fsp3) is 0.385. The molecule has 1 aromatic carbocycles. The normalized spacial score (nSPS) is 15.4. The van der Waals surface area contributed by atoms with E-state index in [1.54, 1.807) is 11.1 Å². The Balaban J connectivity index is 2.33. The van der Waals surface area contributed by atoms with E-state index in [0.29, 0.717) is 16.5 Å². The first-order valence-electron chi connectivity index (χ1n) is 6.07. The first-order chi connectivity index (χ1) is 9.13. The average Bonchev–Trinajstić information content (AvgIpc) is 2.87. The summed E-state index contributed by atoms with van der Waals surface area (Å²) in [5.74, 6) is -1.41. The van der Waals surface area contributed by atoms with Gasteiger partial charge in [0.05, 0.1) is 0 Å². The van der Waals surface area contributed by atoms with E-state index in [1.807, 2.05) is 0 Å². The van der Waals surface area contributed by atoms with Gasteiger partial charge in [0.25, 0.3) is 0 Å². The predicted molar refractivity (Wildman–Crippen MR) is 73.3 cm³/mol. The van der Waals surface area contributed by atoms with Gasteiger partial charge in [-0.05, 0) is 25.3 Å². The van der Waals surface area contributed by atoms with Crippen LogP contribution in [-0.4, -0.2) is 18.1 Å². The zero-order valence-electron chi connectivity index (χ0n) is 10.4. The Morgan fingerprint density at radius 3 is 2.68 bits per heavy atom. The van der Waals surface area contributed by atoms with Crippen molar-refractivity contribution in [1.29, 1.82) is 0 Å². The third kappa shape index (κ3) is 3.18. The second kappa shape index (κ2) is 6.23. The van der Waals surface area contributed by atoms with Crippen molar-refractivity contribution in [2.75, 3.05) is 13.1 Å². The van der Waals surface area contributed by atoms with Crippen LogP contribution in [0.4, 0.5) is 14.5 Å². The maximum Gasteiger partial charge on any atom is 0.159 e. The van der Waals surface area contributed by atoms with Crippen molar-refractivity contribution in [3.63, 3.8) is 0 Å². The summed E-state index contributed by atoms with van der Waals surface area (Å²) in [6.07, 6.45) is 3.93. The van der Waals surface area contributed by atoms with Gasteiger partial charge in [-0.15, -0.1) is 11.7 Å². The number of nitrogens with zero attached hydrogens (tertiary/aromatic N) is 3. The van der Waals surface area contributed by atoms with E-state index in [-0.39, 0.29) is 5.69 Å². The topological polar surface area (TPSA) is 28.0 Å². The Bertz CT molecular complexity index is 511. The number of benzene rings is 1. The van der Waals surface area contributed by atoms with Gasteiger partial charge in [0.15, 0.2) is 17.3 Å². The van der Waals surface area contributed by atoms with Crippen molar-refractivity contribution in [2.24, 2.45) is 10.3 Å². The van der Waals surface area contributed by atoms with Crippen molar-refractivity contribution < 1.29 is 8.78 Å². The van der Waals surface area contributed by atoms with Crippen LogP contribution >= 0.6 is 15.9 Å². The van der Waals surface area contributed by atoms with Crippen molar-refractivity contribution in [1.82, 2.24) is 5.01 Å². The first kappa shape index (κ1) is 14.1. The molecule has 0 aromatic heterocycles. The minimum Gasteiger partial charge on any atom is -0.278 e. The van der Waals surface area contributed by atoms with Crippen molar-refractivity contribution >= 4 is 21.6 Å². The number of allylic oxidation sites excluding steroid dienone is 1. The van der Waals surface area contributed by atoms with E-state index in [9.17, 15) is 8.78 Å². The van der Waals surface area contributed by atoms with Crippen LogP contribution < -0.4 is 0 Å². The molecule has 1 saturated heterocycles. The number of halogens is 3. The van der Waals surface area contributed by atoms with Crippen LogP contribution in [0.15, 0.2) is 33.5 Å². The molecule has 0 amide bonds. The summed E-state index contributed by atoms with van der Waals surface area (Å²) in [6, 6.07) is 1.21. The van der Waals surface area contributed by atoms with Gasteiger partial charge in [0, 0.05) is 23.1 Å². The van der Waals surface area contributed by atoms with Crippen LogP contribution in [0.1, 0.15) is 18.4 Å². The highest BCUT2D eigenvalue weighted by molar-refractivity contribution is 9.10. The van der Waals surface area contributed by atoms with Gasteiger partial charge in [-0.1, -0.05) is 27.2 Å². The molecule has 0 atom stereocenters. The quantitative estimate of drug-likeness (QED) is 0.588. The first-order valence-corrected chi connectivity index (χ1v) is 6.86. The zero-order valence-corrected chi connectivity index (χ0v) is 12.0. The summed E-state index contributed by atoms with van der Waals surface area (Å²) < 4.78 is 28.3. The third-order valence-corrected chi connectivity index (χ3v) is 3.65.